The van der Waals surface area contributed by atoms with Gasteiger partial charge in [0.2, 0.25) is 0 Å². The molecule has 1 N–H and O–H groups in total. The first-order chi connectivity index (χ1) is 13.4. The van der Waals surface area contributed by atoms with Gasteiger partial charge in [0.25, 0.3) is 0 Å². The molecule has 0 spiro atoms. The minimum Gasteiger partial charge on any atom is -0.511 e. The first kappa shape index (κ1) is 17.6. The first-order valence-corrected chi connectivity index (χ1v) is 9.83. The Morgan fingerprint density at radius 2 is 1.68 bits per heavy atom. The molecule has 28 heavy (non-hydrogen) atoms. The Kier molecular flexibility index (Phi) is 3.79. The summed E-state index contributed by atoms with van der Waals surface area (Å²) in [4.78, 5) is 13.3. The molecule has 0 amide bonds. The average Bonchev–Trinajstić information content (AvgIpc) is 3.29. The number of aliphatic hydroxyl groups excluding tert-OH is 1. The van der Waals surface area contributed by atoms with Gasteiger partial charge in [0, 0.05) is 5.92 Å². The fourth-order valence-corrected chi connectivity index (χ4v) is 5.72. The molecule has 1 aliphatic carbocycles. The number of benzene rings is 2. The van der Waals surface area contributed by atoms with Crippen LogP contribution in [0.1, 0.15) is 40.2 Å². The summed E-state index contributed by atoms with van der Waals surface area (Å²) in [7, 11) is 0. The number of ketones is 1. The monoisotopic (exact) mass is 378 g/mol. The SMILES string of the molecule is Cc1cc(C)c(C2=C(O)[C@@H]3C4OC(C[C@@H]4c4ccc(F)cc4)[C@@H]3C2=O)c(C)c1. The van der Waals surface area contributed by atoms with Crippen molar-refractivity contribution in [3.8, 4) is 0 Å². The molecule has 3 nitrogen and oxygen atoms in total. The Morgan fingerprint density at radius 3 is 2.32 bits per heavy atom. The Bertz CT molecular complexity index is 998. The third-order valence-corrected chi connectivity index (χ3v) is 6.70. The van der Waals surface area contributed by atoms with Crippen molar-refractivity contribution >= 4 is 11.4 Å². The van der Waals surface area contributed by atoms with Crippen LogP contribution in [-0.2, 0) is 9.53 Å². The van der Waals surface area contributed by atoms with Crippen LogP contribution in [0.4, 0.5) is 4.39 Å². The maximum atomic E-state index is 13.3. The normalized spacial score (nSPS) is 31.0. The lowest BCUT2D eigenvalue weighted by Crippen LogP contribution is -2.33. The lowest BCUT2D eigenvalue weighted by molar-refractivity contribution is -0.118. The second kappa shape index (κ2) is 6.02. The second-order valence-corrected chi connectivity index (χ2v) is 8.48. The fourth-order valence-electron chi connectivity index (χ4n) is 5.72. The van der Waals surface area contributed by atoms with Crippen LogP contribution in [0.2, 0.25) is 0 Å². The maximum absolute atomic E-state index is 13.3. The van der Waals surface area contributed by atoms with Crippen molar-refractivity contribution in [1.29, 1.82) is 0 Å². The molecule has 5 rings (SSSR count). The van der Waals surface area contributed by atoms with Gasteiger partial charge in [-0.2, -0.15) is 0 Å². The fraction of sp³-hybridized carbons (Fsp3) is 0.375. The molecule has 2 bridgehead atoms. The van der Waals surface area contributed by atoms with E-state index >= 15 is 0 Å². The van der Waals surface area contributed by atoms with Crippen LogP contribution < -0.4 is 0 Å². The van der Waals surface area contributed by atoms with E-state index in [2.05, 4.69) is 12.1 Å². The van der Waals surface area contributed by atoms with Crippen molar-refractivity contribution in [3.05, 3.63) is 75.8 Å². The number of hydrogen-bond donors (Lipinski definition) is 1. The van der Waals surface area contributed by atoms with Gasteiger partial charge in [0.05, 0.1) is 29.6 Å². The van der Waals surface area contributed by atoms with Gasteiger partial charge in [-0.3, -0.25) is 4.79 Å². The van der Waals surface area contributed by atoms with E-state index in [1.54, 1.807) is 12.1 Å². The van der Waals surface area contributed by atoms with E-state index < -0.39 is 0 Å². The summed E-state index contributed by atoms with van der Waals surface area (Å²) in [6.07, 6.45) is 0.298. The van der Waals surface area contributed by atoms with Gasteiger partial charge in [-0.05, 0) is 61.6 Å². The average molecular weight is 378 g/mol. The molecular formula is C24H23FO3. The molecule has 2 saturated heterocycles. The molecule has 4 heteroatoms. The summed E-state index contributed by atoms with van der Waals surface area (Å²) < 4.78 is 19.4. The number of allylic oxidation sites excluding steroid dienone is 1. The highest BCUT2D eigenvalue weighted by Gasteiger charge is 2.62. The van der Waals surface area contributed by atoms with Gasteiger partial charge in [-0.25, -0.2) is 4.39 Å². The molecule has 0 radical (unpaired) electrons. The molecule has 2 heterocycles. The summed E-state index contributed by atoms with van der Waals surface area (Å²) in [5, 5.41) is 11.2. The number of carbonyl (C=O) groups excluding carboxylic acids is 1. The zero-order valence-corrected chi connectivity index (χ0v) is 16.2. The van der Waals surface area contributed by atoms with Crippen LogP contribution in [0, 0.1) is 38.4 Å². The molecule has 2 aromatic carbocycles. The quantitative estimate of drug-likeness (QED) is 0.817. The molecule has 2 aliphatic heterocycles. The Morgan fingerprint density at radius 1 is 1.04 bits per heavy atom. The van der Waals surface area contributed by atoms with Crippen LogP contribution in [0.5, 0.6) is 0 Å². The van der Waals surface area contributed by atoms with E-state index in [-0.39, 0.29) is 47.3 Å². The number of fused-ring (bicyclic) bond motifs is 5. The third-order valence-electron chi connectivity index (χ3n) is 6.70. The second-order valence-electron chi connectivity index (χ2n) is 8.48. The zero-order chi connectivity index (χ0) is 19.7. The van der Waals surface area contributed by atoms with Gasteiger partial charge in [0.15, 0.2) is 5.78 Å². The van der Waals surface area contributed by atoms with Crippen LogP contribution >= 0.6 is 0 Å². The number of Topliss-reactive ketones (excluding diaryl/α,β-unsaturated/α-hetero) is 1. The number of carbonyl (C=O) groups is 1. The van der Waals surface area contributed by atoms with E-state index in [0.29, 0.717) is 5.57 Å². The molecule has 3 aliphatic rings. The summed E-state index contributed by atoms with van der Waals surface area (Å²) in [6.45, 7) is 6.01. The van der Waals surface area contributed by atoms with Gasteiger partial charge in [-0.15, -0.1) is 0 Å². The Hall–Kier alpha value is -2.46. The summed E-state index contributed by atoms with van der Waals surface area (Å²) >= 11 is 0. The van der Waals surface area contributed by atoms with Crippen molar-refractivity contribution in [2.75, 3.05) is 0 Å². The molecule has 0 saturated carbocycles. The summed E-state index contributed by atoms with van der Waals surface area (Å²) in [5.41, 5.74) is 5.50. The summed E-state index contributed by atoms with van der Waals surface area (Å²) in [6, 6.07) is 10.6. The van der Waals surface area contributed by atoms with Crippen molar-refractivity contribution in [3.63, 3.8) is 0 Å². The van der Waals surface area contributed by atoms with E-state index in [9.17, 15) is 14.3 Å². The maximum Gasteiger partial charge on any atom is 0.173 e. The van der Waals surface area contributed by atoms with Crippen LogP contribution in [0.25, 0.3) is 5.57 Å². The van der Waals surface area contributed by atoms with Crippen molar-refractivity contribution < 1.29 is 19.0 Å². The smallest absolute Gasteiger partial charge is 0.173 e. The lowest BCUT2D eigenvalue weighted by atomic mass is 9.72. The minimum atomic E-state index is -0.309. The van der Waals surface area contributed by atoms with Crippen molar-refractivity contribution in [1.82, 2.24) is 0 Å². The number of aryl methyl sites for hydroxylation is 3. The predicted octanol–water partition coefficient (Wildman–Crippen LogP) is 4.79. The Balaban J connectivity index is 1.57. The number of rotatable bonds is 2. The van der Waals surface area contributed by atoms with E-state index in [1.807, 2.05) is 20.8 Å². The van der Waals surface area contributed by atoms with Gasteiger partial charge in [-0.1, -0.05) is 29.8 Å². The highest BCUT2D eigenvalue weighted by molar-refractivity contribution is 6.26. The zero-order valence-electron chi connectivity index (χ0n) is 16.2. The molecular weight excluding hydrogens is 355 g/mol. The highest BCUT2D eigenvalue weighted by atomic mass is 19.1. The van der Waals surface area contributed by atoms with Crippen LogP contribution in [0.3, 0.4) is 0 Å². The molecule has 2 fully saturated rings. The molecule has 5 atom stereocenters. The first-order valence-electron chi connectivity index (χ1n) is 9.83. The number of aliphatic hydroxyl groups is 1. The largest absolute Gasteiger partial charge is 0.511 e. The number of hydrogen-bond acceptors (Lipinski definition) is 3. The number of halogens is 1. The predicted molar refractivity (Wildman–Crippen MR) is 105 cm³/mol. The Labute approximate surface area is 163 Å². The van der Waals surface area contributed by atoms with E-state index in [1.165, 1.54) is 12.1 Å². The standard InChI is InChI=1S/C24H23FO3/c1-11-8-12(2)18(13(3)9-11)20-22(26)19-17-10-16(14-4-6-15(25)7-5-14)24(28-17)21(19)23(20)27/h4-9,16-17,19,21,24,27H,10H2,1-3H3/t16-,17?,19+,21-,24?/m1/s1. The van der Waals surface area contributed by atoms with E-state index in [4.69, 9.17) is 4.74 Å². The van der Waals surface area contributed by atoms with Gasteiger partial charge >= 0.3 is 0 Å². The van der Waals surface area contributed by atoms with Crippen LogP contribution in [0.15, 0.2) is 42.2 Å². The molecule has 2 unspecified atom stereocenters. The number of ether oxygens (including phenoxy) is 1. The van der Waals surface area contributed by atoms with E-state index in [0.717, 1.165) is 34.2 Å². The lowest BCUT2D eigenvalue weighted by Gasteiger charge is -2.27. The topological polar surface area (TPSA) is 46.5 Å². The molecule has 144 valence electrons. The summed E-state index contributed by atoms with van der Waals surface area (Å²) in [5.74, 6) is -0.640. The van der Waals surface area contributed by atoms with Crippen molar-refractivity contribution in [2.24, 2.45) is 11.8 Å². The van der Waals surface area contributed by atoms with Crippen molar-refractivity contribution in [2.45, 2.75) is 45.3 Å². The third kappa shape index (κ3) is 2.34. The van der Waals surface area contributed by atoms with Crippen LogP contribution in [-0.4, -0.2) is 23.1 Å². The molecule has 2 aromatic rings. The highest BCUT2D eigenvalue weighted by Crippen LogP contribution is 2.58. The van der Waals surface area contributed by atoms with Gasteiger partial charge in [0.1, 0.15) is 11.6 Å². The van der Waals surface area contributed by atoms with Gasteiger partial charge < -0.3 is 9.84 Å². The minimum absolute atomic E-state index is 0.00242. The molecule has 0 aromatic heterocycles.